The summed E-state index contributed by atoms with van der Waals surface area (Å²) in [6.45, 7) is 0. The minimum absolute atomic E-state index is 0. The van der Waals surface area contributed by atoms with Crippen molar-refractivity contribution in [1.29, 1.82) is 0 Å². The van der Waals surface area contributed by atoms with Crippen LogP contribution in [-0.4, -0.2) is 31.1 Å². The van der Waals surface area contributed by atoms with E-state index in [1.54, 1.807) is 18.7 Å². The number of hydrogen-bond donors (Lipinski definition) is 4. The summed E-state index contributed by atoms with van der Waals surface area (Å²) in [5.74, 6) is 0. The molecular formula is C6H20ClN5. The average Bonchev–Trinajstić information content (AvgIpc) is 2.71. The molecular weight excluding hydrogens is 178 g/mol. The predicted molar refractivity (Wildman–Crippen MR) is 56.2 cm³/mol. The highest BCUT2D eigenvalue weighted by molar-refractivity contribution is 5.85. The van der Waals surface area contributed by atoms with E-state index >= 15 is 0 Å². The Bertz CT molecular complexity index is 72.4. The fraction of sp³-hybridized carbons (Fsp3) is 0.500. The van der Waals surface area contributed by atoms with Gasteiger partial charge < -0.3 is 22.2 Å². The van der Waals surface area contributed by atoms with Gasteiger partial charge in [0.1, 0.15) is 0 Å². The van der Waals surface area contributed by atoms with Gasteiger partial charge in [0.15, 0.2) is 0 Å². The highest BCUT2D eigenvalue weighted by atomic mass is 35.5. The van der Waals surface area contributed by atoms with Crippen LogP contribution in [0, 0.1) is 0 Å². The Labute approximate surface area is 80.1 Å². The van der Waals surface area contributed by atoms with Gasteiger partial charge in [-0.1, -0.05) is 0 Å². The van der Waals surface area contributed by atoms with Crippen molar-refractivity contribution in [3.8, 4) is 0 Å². The summed E-state index contributed by atoms with van der Waals surface area (Å²) in [5.41, 5.74) is 13.5. The van der Waals surface area contributed by atoms with Crippen molar-refractivity contribution in [1.82, 2.24) is 9.97 Å². The maximum Gasteiger partial charge on any atom is 0.0919 e. The monoisotopic (exact) mass is 197 g/mol. The molecule has 0 radical (unpaired) electrons. The van der Waals surface area contributed by atoms with E-state index < -0.39 is 0 Å². The highest BCUT2D eigenvalue weighted by Crippen LogP contribution is 1.62. The molecule has 0 fully saturated rings. The van der Waals surface area contributed by atoms with Gasteiger partial charge in [-0.15, -0.1) is 12.4 Å². The summed E-state index contributed by atoms with van der Waals surface area (Å²) < 4.78 is 0. The molecule has 0 unspecified atom stereocenters. The van der Waals surface area contributed by atoms with E-state index in [-0.39, 0.29) is 12.4 Å². The molecule has 0 aliphatic heterocycles. The molecule has 12 heavy (non-hydrogen) atoms. The molecule has 6 heteroatoms. The number of rotatable bonds is 0. The lowest BCUT2D eigenvalue weighted by Crippen LogP contribution is -1.69. The molecule has 0 atom stereocenters. The van der Waals surface area contributed by atoms with Crippen LogP contribution in [0.1, 0.15) is 0 Å². The number of nitrogens with two attached hydrogens (primary N) is 3. The van der Waals surface area contributed by atoms with Crippen LogP contribution in [-0.2, 0) is 0 Å². The van der Waals surface area contributed by atoms with Crippen molar-refractivity contribution in [2.45, 2.75) is 0 Å². The van der Waals surface area contributed by atoms with Gasteiger partial charge in [0.05, 0.1) is 6.33 Å². The van der Waals surface area contributed by atoms with Crippen molar-refractivity contribution >= 4 is 12.4 Å². The first kappa shape index (κ1) is 22.5. The van der Waals surface area contributed by atoms with Gasteiger partial charge in [0, 0.05) is 12.4 Å². The van der Waals surface area contributed by atoms with E-state index in [9.17, 15) is 0 Å². The van der Waals surface area contributed by atoms with Crippen LogP contribution in [0.4, 0.5) is 0 Å². The van der Waals surface area contributed by atoms with Crippen molar-refractivity contribution < 1.29 is 0 Å². The first-order valence-electron chi connectivity index (χ1n) is 3.16. The molecule has 0 spiro atoms. The number of aromatic nitrogens is 2. The molecule has 76 valence electrons. The van der Waals surface area contributed by atoms with Gasteiger partial charge in [-0.25, -0.2) is 4.98 Å². The third-order valence-electron chi connectivity index (χ3n) is 0.406. The lowest BCUT2D eigenvalue weighted by Gasteiger charge is -1.46. The van der Waals surface area contributed by atoms with Gasteiger partial charge >= 0.3 is 0 Å². The van der Waals surface area contributed by atoms with Gasteiger partial charge in [0.2, 0.25) is 0 Å². The molecule has 1 heterocycles. The lowest BCUT2D eigenvalue weighted by molar-refractivity contribution is 1.31. The summed E-state index contributed by atoms with van der Waals surface area (Å²) in [4.78, 5) is 6.42. The van der Waals surface area contributed by atoms with E-state index in [1.807, 2.05) is 0 Å². The number of hydrogen-bond acceptors (Lipinski definition) is 4. The molecule has 0 aliphatic carbocycles. The van der Waals surface area contributed by atoms with Gasteiger partial charge in [-0.3, -0.25) is 0 Å². The first-order chi connectivity index (χ1) is 5.50. The summed E-state index contributed by atoms with van der Waals surface area (Å²) in [6, 6.07) is 0. The van der Waals surface area contributed by atoms with Crippen molar-refractivity contribution in [3.63, 3.8) is 0 Å². The van der Waals surface area contributed by atoms with Crippen molar-refractivity contribution in [2.75, 3.05) is 21.1 Å². The van der Waals surface area contributed by atoms with E-state index in [1.165, 1.54) is 21.1 Å². The van der Waals surface area contributed by atoms with E-state index in [0.29, 0.717) is 0 Å². The van der Waals surface area contributed by atoms with Crippen LogP contribution in [0.3, 0.4) is 0 Å². The second-order valence-corrected chi connectivity index (χ2v) is 0.761. The van der Waals surface area contributed by atoms with Crippen molar-refractivity contribution in [2.24, 2.45) is 17.2 Å². The zero-order chi connectivity index (χ0) is 9.54. The molecule has 7 N–H and O–H groups in total. The van der Waals surface area contributed by atoms with Crippen LogP contribution in [0.25, 0.3) is 0 Å². The maximum absolute atomic E-state index is 4.50. The molecule has 0 saturated heterocycles. The fourth-order valence-electron chi connectivity index (χ4n) is 0.215. The number of H-pyrrole nitrogens is 1. The lowest BCUT2D eigenvalue weighted by atomic mass is 11.0. The molecule has 0 saturated carbocycles. The largest absolute Gasteiger partial charge is 0.351 e. The molecule has 0 aromatic carbocycles. The maximum atomic E-state index is 4.50. The zero-order valence-corrected chi connectivity index (χ0v) is 8.64. The molecule has 0 bridgehead atoms. The second-order valence-electron chi connectivity index (χ2n) is 0.761. The Morgan fingerprint density at radius 3 is 1.50 bits per heavy atom. The van der Waals surface area contributed by atoms with E-state index in [0.717, 1.165) is 0 Å². The SMILES string of the molecule is CN.CN.CN.Cl.c1c[nH]cn1. The second kappa shape index (κ2) is 47.6. The Hall–Kier alpha value is -0.620. The number of nitrogens with one attached hydrogen (secondary N) is 1. The summed E-state index contributed by atoms with van der Waals surface area (Å²) in [6.07, 6.45) is 5.08. The van der Waals surface area contributed by atoms with Crippen molar-refractivity contribution in [3.05, 3.63) is 18.7 Å². The minimum atomic E-state index is 0. The van der Waals surface area contributed by atoms with Crippen LogP contribution in [0.2, 0.25) is 0 Å². The summed E-state index contributed by atoms with van der Waals surface area (Å²) >= 11 is 0. The van der Waals surface area contributed by atoms with Gasteiger partial charge in [0.25, 0.3) is 0 Å². The third-order valence-corrected chi connectivity index (χ3v) is 0.406. The third kappa shape index (κ3) is 34.3. The van der Waals surface area contributed by atoms with Crippen LogP contribution in [0.15, 0.2) is 18.7 Å². The zero-order valence-electron chi connectivity index (χ0n) is 7.82. The van der Waals surface area contributed by atoms with Gasteiger partial charge in [-0.05, 0) is 21.1 Å². The smallest absolute Gasteiger partial charge is 0.0919 e. The Morgan fingerprint density at radius 2 is 1.42 bits per heavy atom. The molecule has 0 aliphatic rings. The predicted octanol–water partition coefficient (Wildman–Crippen LogP) is -0.444. The minimum Gasteiger partial charge on any atom is -0.351 e. The van der Waals surface area contributed by atoms with Crippen LogP contribution >= 0.6 is 12.4 Å². The average molecular weight is 198 g/mol. The normalized spacial score (nSPS) is 4.83. The Kier molecular flexibility index (Phi) is 89.3. The Morgan fingerprint density at radius 1 is 1.00 bits per heavy atom. The van der Waals surface area contributed by atoms with E-state index in [4.69, 9.17) is 0 Å². The number of imidazole rings is 1. The summed E-state index contributed by atoms with van der Waals surface area (Å²) in [5, 5.41) is 0. The van der Waals surface area contributed by atoms with E-state index in [2.05, 4.69) is 27.2 Å². The van der Waals surface area contributed by atoms with Crippen LogP contribution in [0.5, 0.6) is 0 Å². The highest BCUT2D eigenvalue weighted by Gasteiger charge is 1.56. The molecule has 0 amide bonds. The van der Waals surface area contributed by atoms with Crippen LogP contribution < -0.4 is 17.2 Å². The molecule has 1 aromatic heterocycles. The standard InChI is InChI=1S/C3H4N2.3CH5N.ClH/c1-2-5-3-4-1;3*1-2;/h1-3H,(H,4,5);3*2H2,1H3;1H. The summed E-state index contributed by atoms with van der Waals surface area (Å²) in [7, 11) is 4.50. The number of halogens is 1. The quantitative estimate of drug-likeness (QED) is 0.452. The number of aromatic amines is 1. The Balaban J connectivity index is -0.0000000406. The molecule has 1 aromatic rings. The van der Waals surface area contributed by atoms with Gasteiger partial charge in [-0.2, -0.15) is 0 Å². The molecule has 5 nitrogen and oxygen atoms in total. The first-order valence-corrected chi connectivity index (χ1v) is 3.16. The fourth-order valence-corrected chi connectivity index (χ4v) is 0.215. The number of nitrogens with zero attached hydrogens (tertiary/aromatic N) is 1. The topological polar surface area (TPSA) is 107 Å². The molecule has 1 rings (SSSR count).